The van der Waals surface area contributed by atoms with Crippen LogP contribution in [0, 0.1) is 0 Å². The van der Waals surface area contributed by atoms with Crippen molar-refractivity contribution in [2.75, 3.05) is 62.2 Å². The Balaban J connectivity index is 0.000000169. The summed E-state index contributed by atoms with van der Waals surface area (Å²) in [6.45, 7) is 8.21. The van der Waals surface area contributed by atoms with Crippen LogP contribution in [0.1, 0.15) is 5.56 Å². The van der Waals surface area contributed by atoms with E-state index in [0.29, 0.717) is 11.0 Å². The van der Waals surface area contributed by atoms with Crippen LogP contribution in [0.25, 0.3) is 21.8 Å². The predicted molar refractivity (Wildman–Crippen MR) is 241 cm³/mol. The molecule has 0 amide bonds. The van der Waals surface area contributed by atoms with Crippen molar-refractivity contribution in [2.45, 2.75) is 16.3 Å². The third-order valence-electron chi connectivity index (χ3n) is 10.6. The number of fused-ring (bicyclic) bond motifs is 2. The molecule has 2 saturated heterocycles. The third-order valence-corrected chi connectivity index (χ3v) is 14.8. The summed E-state index contributed by atoms with van der Waals surface area (Å²) in [6.07, 6.45) is 3.18. The minimum Gasteiger partial charge on any atom is -0.368 e. The van der Waals surface area contributed by atoms with Crippen molar-refractivity contribution < 1.29 is 16.8 Å². The minimum absolute atomic E-state index is 0.0671. The van der Waals surface area contributed by atoms with E-state index in [1.54, 1.807) is 12.4 Å². The monoisotopic (exact) mass is 908 g/mol. The molecule has 59 heavy (non-hydrogen) atoms. The van der Waals surface area contributed by atoms with Gasteiger partial charge in [-0.25, -0.2) is 24.8 Å². The van der Waals surface area contributed by atoms with E-state index in [9.17, 15) is 16.8 Å². The molecule has 2 aromatic heterocycles. The summed E-state index contributed by atoms with van der Waals surface area (Å²) in [5.41, 5.74) is 4.68. The van der Waals surface area contributed by atoms with E-state index in [0.717, 1.165) is 81.1 Å². The van der Waals surface area contributed by atoms with Gasteiger partial charge in [-0.15, -0.1) is 0 Å². The minimum atomic E-state index is -3.84. The van der Waals surface area contributed by atoms with Gasteiger partial charge >= 0.3 is 0 Å². The molecule has 306 valence electrons. The summed E-state index contributed by atoms with van der Waals surface area (Å²) < 4.78 is 55.5. The molecule has 0 radical (unpaired) electrons. The first-order valence-corrected chi connectivity index (χ1v) is 23.4. The van der Waals surface area contributed by atoms with Gasteiger partial charge in [0, 0.05) is 114 Å². The predicted octanol–water partition coefficient (Wildman–Crippen LogP) is 9.10. The fourth-order valence-electron chi connectivity index (χ4n) is 7.70. The van der Waals surface area contributed by atoms with Crippen LogP contribution in [0.15, 0.2) is 137 Å². The maximum Gasteiger partial charge on any atom is 0.268 e. The molecule has 0 atom stereocenters. The van der Waals surface area contributed by atoms with Crippen LogP contribution >= 0.6 is 46.4 Å². The zero-order valence-electron chi connectivity index (χ0n) is 31.7. The Labute approximate surface area is 364 Å². The van der Waals surface area contributed by atoms with Crippen LogP contribution in [-0.4, -0.2) is 82.0 Å². The number of halogens is 4. The number of nitrogens with one attached hydrogen (secondary N) is 1. The second kappa shape index (κ2) is 17.4. The smallest absolute Gasteiger partial charge is 0.268 e. The Kier molecular flexibility index (Phi) is 12.2. The topological polar surface area (TPSA) is 99.9 Å². The number of nitrogens with zero attached hydrogens (tertiary/aromatic N) is 5. The fraction of sp³-hybridized carbons (Fsp3) is 0.209. The van der Waals surface area contributed by atoms with E-state index in [-0.39, 0.29) is 29.9 Å². The average molecular weight is 911 g/mol. The lowest BCUT2D eigenvalue weighted by Crippen LogP contribution is -2.46. The molecule has 9 rings (SSSR count). The lowest BCUT2D eigenvalue weighted by atomic mass is 10.1. The van der Waals surface area contributed by atoms with Gasteiger partial charge in [0.15, 0.2) is 0 Å². The molecule has 4 heterocycles. The van der Waals surface area contributed by atoms with Gasteiger partial charge in [-0.1, -0.05) is 88.9 Å². The van der Waals surface area contributed by atoms with Crippen LogP contribution in [-0.2, 0) is 26.6 Å². The molecule has 0 bridgehead atoms. The zero-order chi connectivity index (χ0) is 41.3. The van der Waals surface area contributed by atoms with Gasteiger partial charge in [0.25, 0.3) is 20.0 Å². The van der Waals surface area contributed by atoms with Gasteiger partial charge in [0.2, 0.25) is 0 Å². The van der Waals surface area contributed by atoms with Crippen molar-refractivity contribution in [3.8, 4) is 0 Å². The second-order valence-corrected chi connectivity index (χ2v) is 19.7. The second-order valence-electron chi connectivity index (χ2n) is 14.3. The molecule has 0 aliphatic carbocycles. The molecule has 7 aromatic rings. The van der Waals surface area contributed by atoms with Crippen LogP contribution in [0.4, 0.5) is 11.4 Å². The molecule has 0 spiro atoms. The lowest BCUT2D eigenvalue weighted by Gasteiger charge is -2.36. The van der Waals surface area contributed by atoms with Crippen molar-refractivity contribution in [1.29, 1.82) is 0 Å². The highest BCUT2D eigenvalue weighted by Gasteiger charge is 2.25. The van der Waals surface area contributed by atoms with Gasteiger partial charge in [0.05, 0.1) is 20.8 Å². The quantitative estimate of drug-likeness (QED) is 0.161. The summed E-state index contributed by atoms with van der Waals surface area (Å²) in [4.78, 5) is 7.19. The van der Waals surface area contributed by atoms with Crippen LogP contribution in [0.3, 0.4) is 0 Å². The Morgan fingerprint density at radius 1 is 0.492 bits per heavy atom. The van der Waals surface area contributed by atoms with Crippen LogP contribution < -0.4 is 15.1 Å². The first-order chi connectivity index (χ1) is 28.4. The first kappa shape index (κ1) is 41.5. The molecule has 2 fully saturated rings. The van der Waals surface area contributed by atoms with E-state index in [4.69, 9.17) is 46.4 Å². The SMILES string of the molecule is O=S(=O)(c1cc(Cl)cc(Cl)c1)n1ccc2c(N3CCN(Cc4ccccc4)CC3)cccc21.O=S(=O)(c1cc(Cl)cc(Cl)c1)n1ccc2c(N3CCNCC3)cccc21. The number of anilines is 2. The molecule has 0 unspecified atom stereocenters. The molecule has 1 N–H and O–H groups in total. The van der Waals surface area contributed by atoms with Crippen LogP contribution in [0.5, 0.6) is 0 Å². The van der Waals surface area contributed by atoms with Gasteiger partial charge in [-0.05, 0) is 78.4 Å². The summed E-state index contributed by atoms with van der Waals surface area (Å²) in [7, 11) is -7.63. The molecular formula is C43H40Cl4N6O4S2. The summed E-state index contributed by atoms with van der Waals surface area (Å²) in [5, 5.41) is 6.28. The lowest BCUT2D eigenvalue weighted by molar-refractivity contribution is 0.250. The van der Waals surface area contributed by atoms with E-state index in [1.165, 1.54) is 49.9 Å². The van der Waals surface area contributed by atoms with Gasteiger partial charge in [-0.3, -0.25) is 4.90 Å². The maximum atomic E-state index is 13.3. The molecule has 5 aromatic carbocycles. The molecule has 10 nitrogen and oxygen atoms in total. The van der Waals surface area contributed by atoms with Crippen molar-refractivity contribution in [3.63, 3.8) is 0 Å². The number of hydrogen-bond acceptors (Lipinski definition) is 8. The molecule has 2 aliphatic heterocycles. The summed E-state index contributed by atoms with van der Waals surface area (Å²) >= 11 is 24.1. The standard InChI is InChI=1S/C25H23Cl2N3O2S.C18H17Cl2N3O2S/c26-20-15-21(27)17-22(16-20)33(31,32)30-10-9-23-24(7-4-8-25(23)30)29-13-11-28(12-14-29)18-19-5-2-1-3-6-19;19-13-10-14(20)12-15(11-13)26(24,25)23-7-4-16-17(2-1-3-18(16)23)22-8-5-21-6-9-22/h1-10,15-17H,11-14,18H2;1-4,7,10-12,21H,5-6,8-9H2. The highest BCUT2D eigenvalue weighted by atomic mass is 35.5. The Morgan fingerprint density at radius 3 is 1.39 bits per heavy atom. The number of benzene rings is 5. The maximum absolute atomic E-state index is 13.3. The summed E-state index contributed by atoms with van der Waals surface area (Å²) in [6, 6.07) is 34.4. The van der Waals surface area contributed by atoms with Gasteiger partial charge in [-0.2, -0.15) is 0 Å². The van der Waals surface area contributed by atoms with E-state index in [2.05, 4.69) is 50.3 Å². The van der Waals surface area contributed by atoms with Crippen molar-refractivity contribution in [1.82, 2.24) is 18.2 Å². The molecular weight excluding hydrogens is 870 g/mol. The highest BCUT2D eigenvalue weighted by Crippen LogP contribution is 2.34. The van der Waals surface area contributed by atoms with E-state index < -0.39 is 20.0 Å². The average Bonchev–Trinajstić information content (AvgIpc) is 3.88. The molecule has 16 heteroatoms. The Morgan fingerprint density at radius 2 is 0.932 bits per heavy atom. The number of piperazine rings is 2. The van der Waals surface area contributed by atoms with Gasteiger partial charge in [0.1, 0.15) is 0 Å². The van der Waals surface area contributed by atoms with Crippen LogP contribution in [0.2, 0.25) is 20.1 Å². The van der Waals surface area contributed by atoms with Crippen molar-refractivity contribution in [2.24, 2.45) is 0 Å². The highest BCUT2D eigenvalue weighted by molar-refractivity contribution is 7.90. The molecule has 0 saturated carbocycles. The van der Waals surface area contributed by atoms with Gasteiger partial charge < -0.3 is 15.1 Å². The first-order valence-electron chi connectivity index (χ1n) is 19.0. The Bertz CT molecular complexity index is 2820. The molecule has 2 aliphatic rings. The number of hydrogen-bond donors (Lipinski definition) is 1. The van der Waals surface area contributed by atoms with Crippen molar-refractivity contribution in [3.05, 3.63) is 153 Å². The fourth-order valence-corrected chi connectivity index (χ4v) is 11.8. The summed E-state index contributed by atoms with van der Waals surface area (Å²) in [5.74, 6) is 0. The van der Waals surface area contributed by atoms with E-state index in [1.807, 2.05) is 48.5 Å². The third kappa shape index (κ3) is 8.82. The number of rotatable bonds is 8. The normalized spacial score (nSPS) is 15.4. The van der Waals surface area contributed by atoms with E-state index >= 15 is 0 Å². The van der Waals surface area contributed by atoms with Crippen molar-refractivity contribution >= 4 is 99.6 Å². The number of aromatic nitrogens is 2. The Hall–Kier alpha value is -4.24. The largest absolute Gasteiger partial charge is 0.368 e. The zero-order valence-corrected chi connectivity index (χ0v) is 36.3.